The van der Waals surface area contributed by atoms with Crippen LogP contribution in [0, 0.1) is 0 Å². The molecule has 19 heavy (non-hydrogen) atoms. The SMILES string of the molecule is COCC(=O)N1CCC(Oc2cncc(OC)n2)C1. The lowest BCUT2D eigenvalue weighted by Gasteiger charge is -2.16. The van der Waals surface area contributed by atoms with E-state index >= 15 is 0 Å². The van der Waals surface area contributed by atoms with E-state index in [9.17, 15) is 4.79 Å². The molecule has 1 aliphatic rings. The molecule has 0 aromatic carbocycles. The summed E-state index contributed by atoms with van der Waals surface area (Å²) in [5.41, 5.74) is 0. The van der Waals surface area contributed by atoms with E-state index in [1.165, 1.54) is 26.6 Å². The van der Waals surface area contributed by atoms with Crippen molar-refractivity contribution in [3.8, 4) is 11.8 Å². The lowest BCUT2D eigenvalue weighted by atomic mass is 10.3. The number of hydrogen-bond donors (Lipinski definition) is 0. The summed E-state index contributed by atoms with van der Waals surface area (Å²) in [6, 6.07) is 0. The zero-order valence-corrected chi connectivity index (χ0v) is 11.0. The predicted molar refractivity (Wildman–Crippen MR) is 66.1 cm³/mol. The van der Waals surface area contributed by atoms with E-state index in [0.717, 1.165) is 6.42 Å². The van der Waals surface area contributed by atoms with Crippen LogP contribution in [0.2, 0.25) is 0 Å². The molecule has 0 N–H and O–H groups in total. The van der Waals surface area contributed by atoms with Crippen molar-refractivity contribution in [2.24, 2.45) is 0 Å². The molecule has 2 heterocycles. The summed E-state index contributed by atoms with van der Waals surface area (Å²) in [5.74, 6) is 0.790. The minimum absolute atomic E-state index is 0.0228. The Morgan fingerprint density at radius 2 is 2.21 bits per heavy atom. The summed E-state index contributed by atoms with van der Waals surface area (Å²) in [6.07, 6.45) is 3.74. The number of carbonyl (C=O) groups excluding carboxylic acids is 1. The van der Waals surface area contributed by atoms with Crippen LogP contribution in [0.25, 0.3) is 0 Å². The first-order valence-electron chi connectivity index (χ1n) is 6.02. The molecule has 1 unspecified atom stereocenters. The number of aromatic nitrogens is 2. The fourth-order valence-corrected chi connectivity index (χ4v) is 1.92. The summed E-state index contributed by atoms with van der Waals surface area (Å²) in [4.78, 5) is 21.5. The zero-order chi connectivity index (χ0) is 13.7. The summed E-state index contributed by atoms with van der Waals surface area (Å²) in [5, 5.41) is 0. The number of amides is 1. The molecule has 1 saturated heterocycles. The van der Waals surface area contributed by atoms with Gasteiger partial charge in [0.05, 0.1) is 26.0 Å². The van der Waals surface area contributed by atoms with Gasteiger partial charge in [-0.2, -0.15) is 4.98 Å². The Morgan fingerprint density at radius 1 is 1.42 bits per heavy atom. The molecule has 0 saturated carbocycles. The summed E-state index contributed by atoms with van der Waals surface area (Å²) >= 11 is 0. The third-order valence-electron chi connectivity index (χ3n) is 2.85. The van der Waals surface area contributed by atoms with Gasteiger partial charge in [-0.3, -0.25) is 9.78 Å². The van der Waals surface area contributed by atoms with E-state index in [1.54, 1.807) is 4.90 Å². The van der Waals surface area contributed by atoms with Crippen molar-refractivity contribution >= 4 is 5.91 Å². The summed E-state index contributed by atoms with van der Waals surface area (Å²) < 4.78 is 15.5. The molecule has 1 atom stereocenters. The van der Waals surface area contributed by atoms with Crippen LogP contribution >= 0.6 is 0 Å². The van der Waals surface area contributed by atoms with Crippen molar-refractivity contribution in [3.05, 3.63) is 12.4 Å². The predicted octanol–water partition coefficient (Wildman–Crippen LogP) is 0.111. The smallest absolute Gasteiger partial charge is 0.248 e. The van der Waals surface area contributed by atoms with Crippen molar-refractivity contribution in [1.82, 2.24) is 14.9 Å². The van der Waals surface area contributed by atoms with E-state index < -0.39 is 0 Å². The molecule has 0 aliphatic carbocycles. The van der Waals surface area contributed by atoms with Gasteiger partial charge in [-0.15, -0.1) is 0 Å². The molecule has 0 radical (unpaired) electrons. The molecular weight excluding hydrogens is 250 g/mol. The van der Waals surface area contributed by atoms with Crippen molar-refractivity contribution < 1.29 is 19.0 Å². The van der Waals surface area contributed by atoms with Crippen molar-refractivity contribution in [2.75, 3.05) is 33.9 Å². The topological polar surface area (TPSA) is 73.8 Å². The van der Waals surface area contributed by atoms with Crippen molar-refractivity contribution in [1.29, 1.82) is 0 Å². The normalized spacial score (nSPS) is 18.4. The van der Waals surface area contributed by atoms with E-state index in [1.807, 2.05) is 0 Å². The van der Waals surface area contributed by atoms with Gasteiger partial charge in [0.1, 0.15) is 12.7 Å². The number of ether oxygens (including phenoxy) is 3. The molecular formula is C12H17N3O4. The Morgan fingerprint density at radius 3 is 2.95 bits per heavy atom. The Hall–Kier alpha value is -1.89. The lowest BCUT2D eigenvalue weighted by molar-refractivity contribution is -0.134. The van der Waals surface area contributed by atoms with Crippen LogP contribution in [0.4, 0.5) is 0 Å². The average molecular weight is 267 g/mol. The Labute approximate surface area is 111 Å². The van der Waals surface area contributed by atoms with Crippen molar-refractivity contribution in [3.63, 3.8) is 0 Å². The molecule has 1 fully saturated rings. The van der Waals surface area contributed by atoms with Gasteiger partial charge in [-0.05, 0) is 0 Å². The molecule has 1 aromatic rings. The molecule has 1 amide bonds. The maximum Gasteiger partial charge on any atom is 0.248 e. The van der Waals surface area contributed by atoms with Crippen LogP contribution in [0.3, 0.4) is 0 Å². The number of methoxy groups -OCH3 is 2. The highest BCUT2D eigenvalue weighted by molar-refractivity contribution is 5.77. The van der Waals surface area contributed by atoms with Gasteiger partial charge >= 0.3 is 0 Å². The largest absolute Gasteiger partial charge is 0.480 e. The molecule has 1 aromatic heterocycles. The van der Waals surface area contributed by atoms with Crippen LogP contribution in [0.1, 0.15) is 6.42 Å². The van der Waals surface area contributed by atoms with Gasteiger partial charge < -0.3 is 19.1 Å². The highest BCUT2D eigenvalue weighted by atomic mass is 16.5. The second-order valence-corrected chi connectivity index (χ2v) is 4.20. The Kier molecular flexibility index (Phi) is 4.51. The van der Waals surface area contributed by atoms with Gasteiger partial charge in [0.2, 0.25) is 17.7 Å². The van der Waals surface area contributed by atoms with Gasteiger partial charge in [-0.25, -0.2) is 0 Å². The van der Waals surface area contributed by atoms with Gasteiger partial charge in [0.15, 0.2) is 0 Å². The number of nitrogens with zero attached hydrogens (tertiary/aromatic N) is 3. The van der Waals surface area contributed by atoms with Crippen LogP contribution in [-0.4, -0.2) is 60.8 Å². The van der Waals surface area contributed by atoms with E-state index in [-0.39, 0.29) is 18.6 Å². The number of likely N-dealkylation sites (tertiary alicyclic amines) is 1. The average Bonchev–Trinajstić information content (AvgIpc) is 2.88. The zero-order valence-electron chi connectivity index (χ0n) is 11.0. The van der Waals surface area contributed by atoms with Crippen molar-refractivity contribution in [2.45, 2.75) is 12.5 Å². The first-order valence-corrected chi connectivity index (χ1v) is 6.02. The molecule has 2 rings (SSSR count). The Balaban J connectivity index is 1.89. The standard InChI is InChI=1S/C12H17N3O4/c1-17-8-12(16)15-4-3-9(7-15)19-11-6-13-5-10(14-11)18-2/h5-6,9H,3-4,7-8H2,1-2H3. The third kappa shape index (κ3) is 3.54. The lowest BCUT2D eigenvalue weighted by Crippen LogP contribution is -2.33. The van der Waals surface area contributed by atoms with E-state index in [2.05, 4.69) is 9.97 Å². The highest BCUT2D eigenvalue weighted by Crippen LogP contribution is 2.17. The number of hydrogen-bond acceptors (Lipinski definition) is 6. The molecule has 0 bridgehead atoms. The van der Waals surface area contributed by atoms with Gasteiger partial charge in [0, 0.05) is 20.1 Å². The molecule has 1 aliphatic heterocycles. The molecule has 104 valence electrons. The first kappa shape index (κ1) is 13.5. The van der Waals surface area contributed by atoms with Crippen LogP contribution in [0.15, 0.2) is 12.4 Å². The second-order valence-electron chi connectivity index (χ2n) is 4.20. The molecule has 7 heteroatoms. The monoisotopic (exact) mass is 267 g/mol. The van der Waals surface area contributed by atoms with Gasteiger partial charge in [-0.1, -0.05) is 0 Å². The summed E-state index contributed by atoms with van der Waals surface area (Å²) in [7, 11) is 3.03. The molecule has 0 spiro atoms. The fraction of sp³-hybridized carbons (Fsp3) is 0.583. The van der Waals surface area contributed by atoms with Crippen LogP contribution in [0.5, 0.6) is 11.8 Å². The van der Waals surface area contributed by atoms with Gasteiger partial charge in [0.25, 0.3) is 0 Å². The highest BCUT2D eigenvalue weighted by Gasteiger charge is 2.27. The van der Waals surface area contributed by atoms with Crippen LogP contribution < -0.4 is 9.47 Å². The maximum absolute atomic E-state index is 11.6. The number of carbonyl (C=O) groups is 1. The van der Waals surface area contributed by atoms with Crippen LogP contribution in [-0.2, 0) is 9.53 Å². The fourth-order valence-electron chi connectivity index (χ4n) is 1.92. The van der Waals surface area contributed by atoms with E-state index in [0.29, 0.717) is 24.8 Å². The van der Waals surface area contributed by atoms with E-state index in [4.69, 9.17) is 14.2 Å². The third-order valence-corrected chi connectivity index (χ3v) is 2.85. The quantitative estimate of drug-likeness (QED) is 0.754. The second kappa shape index (κ2) is 6.33. The number of rotatable bonds is 5. The minimum atomic E-state index is -0.0674. The molecule has 7 nitrogen and oxygen atoms in total. The maximum atomic E-state index is 11.6. The Bertz CT molecular complexity index is 441. The first-order chi connectivity index (χ1) is 9.22. The minimum Gasteiger partial charge on any atom is -0.480 e. The summed E-state index contributed by atoms with van der Waals surface area (Å²) in [6.45, 7) is 1.32.